The van der Waals surface area contributed by atoms with Crippen molar-refractivity contribution in [3.05, 3.63) is 84.7 Å². The molecule has 32 heavy (non-hydrogen) atoms. The third kappa shape index (κ3) is 5.38. The second-order valence-corrected chi connectivity index (χ2v) is 7.94. The van der Waals surface area contributed by atoms with Crippen LogP contribution in [0, 0.1) is 6.92 Å². The molecule has 3 aromatic heterocycles. The van der Waals surface area contributed by atoms with Crippen molar-refractivity contribution in [2.75, 3.05) is 6.61 Å². The average molecular weight is 424 g/mol. The Balaban J connectivity index is 1.47. The molecule has 0 aliphatic heterocycles. The summed E-state index contributed by atoms with van der Waals surface area (Å²) >= 11 is 0. The van der Waals surface area contributed by atoms with Crippen molar-refractivity contribution in [2.24, 2.45) is 0 Å². The van der Waals surface area contributed by atoms with Gasteiger partial charge in [-0.1, -0.05) is 50.5 Å². The van der Waals surface area contributed by atoms with Gasteiger partial charge in [0.1, 0.15) is 5.75 Å². The minimum Gasteiger partial charge on any atom is -0.494 e. The van der Waals surface area contributed by atoms with Crippen molar-refractivity contribution in [1.82, 2.24) is 15.0 Å². The van der Waals surface area contributed by atoms with E-state index in [-0.39, 0.29) is 0 Å². The van der Waals surface area contributed by atoms with Crippen LogP contribution in [0.25, 0.3) is 33.9 Å². The average Bonchev–Trinajstić information content (AvgIpc) is 2.85. The molecule has 4 aromatic rings. The van der Waals surface area contributed by atoms with Gasteiger partial charge in [-0.25, -0.2) is 4.98 Å². The van der Waals surface area contributed by atoms with Crippen LogP contribution in [-0.2, 0) is 0 Å². The molecule has 0 bridgehead atoms. The molecule has 0 spiro atoms. The summed E-state index contributed by atoms with van der Waals surface area (Å²) < 4.78 is 5.92. The van der Waals surface area contributed by atoms with Gasteiger partial charge in [0, 0.05) is 18.0 Å². The van der Waals surface area contributed by atoms with Crippen molar-refractivity contribution >= 4 is 0 Å². The van der Waals surface area contributed by atoms with Crippen LogP contribution in [0.1, 0.15) is 38.2 Å². The van der Waals surface area contributed by atoms with E-state index in [4.69, 9.17) is 9.72 Å². The number of hydrogen-bond donors (Lipinski definition) is 0. The lowest BCUT2D eigenvalue weighted by Crippen LogP contribution is -1.98. The highest BCUT2D eigenvalue weighted by Crippen LogP contribution is 2.28. The van der Waals surface area contributed by atoms with Gasteiger partial charge in [0.05, 0.1) is 29.4 Å². The van der Waals surface area contributed by atoms with Gasteiger partial charge in [-0.3, -0.25) is 9.97 Å². The maximum absolute atomic E-state index is 5.92. The van der Waals surface area contributed by atoms with E-state index in [1.807, 2.05) is 54.7 Å². The van der Waals surface area contributed by atoms with Crippen LogP contribution in [-0.4, -0.2) is 21.6 Å². The molecular weight excluding hydrogens is 394 g/mol. The van der Waals surface area contributed by atoms with E-state index in [1.165, 1.54) is 24.8 Å². The number of unbranched alkanes of at least 4 members (excludes halogenated alkanes) is 3. The lowest BCUT2D eigenvalue weighted by atomic mass is 10.0. The molecule has 0 radical (unpaired) electrons. The number of benzene rings is 1. The van der Waals surface area contributed by atoms with Crippen molar-refractivity contribution in [3.63, 3.8) is 0 Å². The minimum absolute atomic E-state index is 0.777. The Morgan fingerprint density at radius 2 is 1.56 bits per heavy atom. The first-order valence-corrected chi connectivity index (χ1v) is 11.3. The Bertz CT molecular complexity index is 1140. The number of nitrogens with zero attached hydrogens (tertiary/aromatic N) is 3. The van der Waals surface area contributed by atoms with Gasteiger partial charge in [-0.05, 0) is 66.9 Å². The van der Waals surface area contributed by atoms with E-state index < -0.39 is 0 Å². The number of hydrogen-bond acceptors (Lipinski definition) is 4. The van der Waals surface area contributed by atoms with Crippen molar-refractivity contribution < 1.29 is 4.74 Å². The molecule has 0 fully saturated rings. The van der Waals surface area contributed by atoms with E-state index in [2.05, 4.69) is 42.0 Å². The maximum atomic E-state index is 5.92. The van der Waals surface area contributed by atoms with E-state index >= 15 is 0 Å². The Morgan fingerprint density at radius 1 is 0.750 bits per heavy atom. The lowest BCUT2D eigenvalue weighted by Gasteiger charge is -2.11. The summed E-state index contributed by atoms with van der Waals surface area (Å²) in [4.78, 5) is 13.8. The van der Waals surface area contributed by atoms with Crippen molar-refractivity contribution in [2.45, 2.75) is 39.5 Å². The van der Waals surface area contributed by atoms with Crippen LogP contribution in [0.3, 0.4) is 0 Å². The molecule has 0 aliphatic carbocycles. The first-order valence-electron chi connectivity index (χ1n) is 11.3. The highest BCUT2D eigenvalue weighted by Gasteiger charge is 2.08. The predicted octanol–water partition coefficient (Wildman–Crippen LogP) is 7.14. The van der Waals surface area contributed by atoms with Crippen molar-refractivity contribution in [3.8, 4) is 39.7 Å². The largest absolute Gasteiger partial charge is 0.494 e. The molecule has 4 heteroatoms. The van der Waals surface area contributed by atoms with Gasteiger partial charge < -0.3 is 4.74 Å². The summed E-state index contributed by atoms with van der Waals surface area (Å²) in [5, 5.41) is 0. The van der Waals surface area contributed by atoms with Gasteiger partial charge in [-0.2, -0.15) is 0 Å². The van der Waals surface area contributed by atoms with Crippen molar-refractivity contribution in [1.29, 1.82) is 0 Å². The van der Waals surface area contributed by atoms with E-state index in [1.54, 1.807) is 6.20 Å². The number of pyridine rings is 3. The lowest BCUT2D eigenvalue weighted by molar-refractivity contribution is 0.305. The maximum Gasteiger partial charge on any atom is 0.119 e. The highest BCUT2D eigenvalue weighted by molar-refractivity contribution is 5.70. The fourth-order valence-electron chi connectivity index (χ4n) is 3.71. The second kappa shape index (κ2) is 10.7. The molecule has 4 rings (SSSR count). The minimum atomic E-state index is 0.777. The highest BCUT2D eigenvalue weighted by atomic mass is 16.5. The van der Waals surface area contributed by atoms with Crippen LogP contribution >= 0.6 is 0 Å². The molecule has 4 nitrogen and oxygen atoms in total. The van der Waals surface area contributed by atoms with Gasteiger partial charge in [-0.15, -0.1) is 0 Å². The Kier molecular flexibility index (Phi) is 7.23. The molecule has 0 aliphatic rings. The number of aryl methyl sites for hydroxylation is 1. The first-order chi connectivity index (χ1) is 15.7. The van der Waals surface area contributed by atoms with Crippen LogP contribution < -0.4 is 4.74 Å². The zero-order chi connectivity index (χ0) is 22.2. The van der Waals surface area contributed by atoms with Crippen LogP contribution in [0.4, 0.5) is 0 Å². The van der Waals surface area contributed by atoms with Gasteiger partial charge >= 0.3 is 0 Å². The Hall–Kier alpha value is -3.53. The van der Waals surface area contributed by atoms with E-state index in [0.29, 0.717) is 0 Å². The molecule has 0 atom stereocenters. The quantitative estimate of drug-likeness (QED) is 0.268. The van der Waals surface area contributed by atoms with E-state index in [0.717, 1.165) is 52.7 Å². The molecule has 0 saturated heterocycles. The molecule has 162 valence electrons. The van der Waals surface area contributed by atoms with Crippen LogP contribution in [0.15, 0.2) is 79.1 Å². The predicted molar refractivity (Wildman–Crippen MR) is 131 cm³/mol. The second-order valence-electron chi connectivity index (χ2n) is 7.94. The molecule has 1 aromatic carbocycles. The van der Waals surface area contributed by atoms with Crippen LogP contribution in [0.5, 0.6) is 5.75 Å². The normalized spacial score (nSPS) is 10.8. The molecular formula is C28H29N3O. The molecule has 3 heterocycles. The smallest absolute Gasteiger partial charge is 0.119 e. The molecule has 0 N–H and O–H groups in total. The summed E-state index contributed by atoms with van der Waals surface area (Å²) in [5.41, 5.74) is 6.81. The van der Waals surface area contributed by atoms with Gasteiger partial charge in [0.25, 0.3) is 0 Å². The first kappa shape index (κ1) is 21.7. The Morgan fingerprint density at radius 3 is 2.25 bits per heavy atom. The topological polar surface area (TPSA) is 47.9 Å². The summed E-state index contributed by atoms with van der Waals surface area (Å²) in [6.45, 7) is 5.12. The molecule has 0 saturated carbocycles. The standard InChI is InChI=1S/C28H29N3O/c1-3-4-5-8-18-32-23-14-15-24(21(2)19-23)22-13-16-26(30-20-22)28-12-9-11-27(31-28)25-10-6-7-17-29-25/h6-7,9-17,19-20H,3-5,8,18H2,1-2H3. The van der Waals surface area contributed by atoms with E-state index in [9.17, 15) is 0 Å². The summed E-state index contributed by atoms with van der Waals surface area (Å²) in [7, 11) is 0. The molecule has 0 unspecified atom stereocenters. The zero-order valence-corrected chi connectivity index (χ0v) is 18.8. The third-order valence-electron chi connectivity index (χ3n) is 5.48. The number of ether oxygens (including phenoxy) is 1. The SMILES string of the molecule is CCCCCCOc1ccc(-c2ccc(-c3cccc(-c4ccccn4)n3)nc2)c(C)c1. The number of aromatic nitrogens is 3. The summed E-state index contributed by atoms with van der Waals surface area (Å²) in [6.07, 6.45) is 8.54. The monoisotopic (exact) mass is 423 g/mol. The summed E-state index contributed by atoms with van der Waals surface area (Å²) in [5.74, 6) is 0.933. The number of rotatable bonds is 9. The van der Waals surface area contributed by atoms with Gasteiger partial charge in [0.15, 0.2) is 0 Å². The van der Waals surface area contributed by atoms with Gasteiger partial charge in [0.2, 0.25) is 0 Å². The summed E-state index contributed by atoms with van der Waals surface area (Å²) in [6, 6.07) is 22.2. The zero-order valence-electron chi connectivity index (χ0n) is 18.8. The fraction of sp³-hybridized carbons (Fsp3) is 0.250. The molecule has 0 amide bonds. The van der Waals surface area contributed by atoms with Crippen LogP contribution in [0.2, 0.25) is 0 Å². The fourth-order valence-corrected chi connectivity index (χ4v) is 3.71. The Labute approximate surface area is 190 Å². The third-order valence-corrected chi connectivity index (χ3v) is 5.48.